The Morgan fingerprint density at radius 2 is 1.75 bits per heavy atom. The predicted octanol–water partition coefficient (Wildman–Crippen LogP) is 3.44. The van der Waals surface area contributed by atoms with Gasteiger partial charge in [0.1, 0.15) is 0 Å². The standard InChI is InChI=1S/C10H20OS/c1-9(2)7-5-3-4-6-8-10(11)12/h9H,3-8H2,1-2H3,(H,11,12). The summed E-state index contributed by atoms with van der Waals surface area (Å²) in [7, 11) is 0. The SMILES string of the molecule is CC(C)CCCCCCC(=O)S. The summed E-state index contributed by atoms with van der Waals surface area (Å²) in [5.41, 5.74) is 0. The molecule has 0 aliphatic carbocycles. The molecule has 0 amide bonds. The summed E-state index contributed by atoms with van der Waals surface area (Å²) in [6.45, 7) is 4.49. The second-order valence-electron chi connectivity index (χ2n) is 3.74. The first kappa shape index (κ1) is 12.0. The minimum absolute atomic E-state index is 0.0267. The molecular weight excluding hydrogens is 168 g/mol. The van der Waals surface area contributed by atoms with Crippen LogP contribution in [0.15, 0.2) is 0 Å². The molecule has 72 valence electrons. The molecule has 0 fully saturated rings. The number of rotatable bonds is 7. The van der Waals surface area contributed by atoms with Crippen LogP contribution in [0.3, 0.4) is 0 Å². The summed E-state index contributed by atoms with van der Waals surface area (Å²) in [5.74, 6) is 0.816. The van der Waals surface area contributed by atoms with Gasteiger partial charge in [-0.3, -0.25) is 4.79 Å². The van der Waals surface area contributed by atoms with Gasteiger partial charge in [-0.1, -0.05) is 39.5 Å². The Kier molecular flexibility index (Phi) is 7.67. The van der Waals surface area contributed by atoms with Crippen molar-refractivity contribution in [3.05, 3.63) is 0 Å². The van der Waals surface area contributed by atoms with E-state index in [9.17, 15) is 4.79 Å². The normalized spacial score (nSPS) is 10.7. The molecule has 0 saturated carbocycles. The van der Waals surface area contributed by atoms with Gasteiger partial charge in [-0.15, -0.1) is 12.6 Å². The van der Waals surface area contributed by atoms with Crippen molar-refractivity contribution in [3.8, 4) is 0 Å². The molecule has 0 heterocycles. The molecule has 12 heavy (non-hydrogen) atoms. The predicted molar refractivity (Wildman–Crippen MR) is 56.5 cm³/mol. The highest BCUT2D eigenvalue weighted by Crippen LogP contribution is 2.10. The Balaban J connectivity index is 2.96. The van der Waals surface area contributed by atoms with E-state index in [1.54, 1.807) is 0 Å². The van der Waals surface area contributed by atoms with Crippen LogP contribution < -0.4 is 0 Å². The van der Waals surface area contributed by atoms with Crippen LogP contribution in [0.1, 0.15) is 52.4 Å². The van der Waals surface area contributed by atoms with Gasteiger partial charge >= 0.3 is 0 Å². The third kappa shape index (κ3) is 10.0. The summed E-state index contributed by atoms with van der Waals surface area (Å²) in [6, 6.07) is 0. The molecule has 0 atom stereocenters. The molecule has 0 N–H and O–H groups in total. The summed E-state index contributed by atoms with van der Waals surface area (Å²) < 4.78 is 0. The van der Waals surface area contributed by atoms with Crippen LogP contribution in [0, 0.1) is 5.92 Å². The van der Waals surface area contributed by atoms with E-state index in [0.29, 0.717) is 6.42 Å². The molecule has 0 unspecified atom stereocenters. The van der Waals surface area contributed by atoms with Crippen LogP contribution >= 0.6 is 12.6 Å². The zero-order chi connectivity index (χ0) is 9.40. The van der Waals surface area contributed by atoms with Gasteiger partial charge in [0, 0.05) is 6.42 Å². The number of carbonyl (C=O) groups excluding carboxylic acids is 1. The topological polar surface area (TPSA) is 17.1 Å². The number of hydrogen-bond acceptors (Lipinski definition) is 1. The fourth-order valence-electron chi connectivity index (χ4n) is 1.18. The Morgan fingerprint density at radius 1 is 1.17 bits per heavy atom. The van der Waals surface area contributed by atoms with Crippen LogP contribution in [0.4, 0.5) is 0 Å². The fourth-order valence-corrected chi connectivity index (χ4v) is 1.34. The van der Waals surface area contributed by atoms with E-state index in [-0.39, 0.29) is 5.12 Å². The minimum Gasteiger partial charge on any atom is -0.288 e. The van der Waals surface area contributed by atoms with E-state index in [4.69, 9.17) is 0 Å². The molecular formula is C10H20OS. The zero-order valence-corrected chi connectivity index (χ0v) is 9.07. The number of carbonyl (C=O) groups is 1. The molecule has 0 rings (SSSR count). The van der Waals surface area contributed by atoms with Gasteiger partial charge in [0.25, 0.3) is 0 Å². The highest BCUT2D eigenvalue weighted by Gasteiger charge is 1.96. The van der Waals surface area contributed by atoms with Gasteiger partial charge in [0.05, 0.1) is 0 Å². The van der Waals surface area contributed by atoms with Crippen molar-refractivity contribution >= 4 is 17.7 Å². The van der Waals surface area contributed by atoms with Crippen molar-refractivity contribution < 1.29 is 4.79 Å². The minimum atomic E-state index is 0.0267. The van der Waals surface area contributed by atoms with Crippen LogP contribution in [-0.4, -0.2) is 5.12 Å². The summed E-state index contributed by atoms with van der Waals surface area (Å²) >= 11 is 3.72. The zero-order valence-electron chi connectivity index (χ0n) is 8.18. The second kappa shape index (κ2) is 7.66. The summed E-state index contributed by atoms with van der Waals surface area (Å²) in [5, 5.41) is 0.0267. The van der Waals surface area contributed by atoms with Crippen molar-refractivity contribution in [2.45, 2.75) is 52.4 Å². The lowest BCUT2D eigenvalue weighted by Gasteiger charge is -2.02. The smallest absolute Gasteiger partial charge is 0.185 e. The second-order valence-corrected chi connectivity index (χ2v) is 4.24. The largest absolute Gasteiger partial charge is 0.288 e. The maximum Gasteiger partial charge on any atom is 0.185 e. The van der Waals surface area contributed by atoms with Gasteiger partial charge in [0.15, 0.2) is 5.12 Å². The maximum atomic E-state index is 10.4. The highest BCUT2D eigenvalue weighted by atomic mass is 32.1. The molecule has 0 aliphatic rings. The number of unbranched alkanes of at least 4 members (excludes halogenated alkanes) is 3. The summed E-state index contributed by atoms with van der Waals surface area (Å²) in [6.07, 6.45) is 6.72. The molecule has 1 nitrogen and oxygen atoms in total. The molecule has 0 radical (unpaired) electrons. The van der Waals surface area contributed by atoms with E-state index in [1.165, 1.54) is 25.7 Å². The molecule has 0 aromatic carbocycles. The molecule has 0 saturated heterocycles. The quantitative estimate of drug-likeness (QED) is 0.478. The molecule has 0 aliphatic heterocycles. The average molecular weight is 188 g/mol. The van der Waals surface area contributed by atoms with Gasteiger partial charge in [-0.25, -0.2) is 0 Å². The third-order valence-electron chi connectivity index (χ3n) is 1.92. The first-order valence-electron chi connectivity index (χ1n) is 4.84. The average Bonchev–Trinajstić information content (AvgIpc) is 1.95. The first-order chi connectivity index (χ1) is 5.63. The van der Waals surface area contributed by atoms with Crippen molar-refractivity contribution in [1.29, 1.82) is 0 Å². The molecule has 0 aromatic heterocycles. The highest BCUT2D eigenvalue weighted by molar-refractivity contribution is 7.96. The van der Waals surface area contributed by atoms with Crippen LogP contribution in [0.2, 0.25) is 0 Å². The van der Waals surface area contributed by atoms with E-state index in [0.717, 1.165) is 12.3 Å². The Morgan fingerprint density at radius 3 is 2.25 bits per heavy atom. The van der Waals surface area contributed by atoms with Gasteiger partial charge in [0.2, 0.25) is 0 Å². The molecule has 2 heteroatoms. The Hall–Kier alpha value is 0.0200. The monoisotopic (exact) mass is 188 g/mol. The fraction of sp³-hybridized carbons (Fsp3) is 0.900. The molecule has 0 spiro atoms. The van der Waals surface area contributed by atoms with Crippen molar-refractivity contribution in [3.63, 3.8) is 0 Å². The van der Waals surface area contributed by atoms with Crippen molar-refractivity contribution in [2.24, 2.45) is 5.92 Å². The van der Waals surface area contributed by atoms with Crippen LogP contribution in [-0.2, 0) is 4.79 Å². The van der Waals surface area contributed by atoms with Gasteiger partial charge < -0.3 is 0 Å². The van der Waals surface area contributed by atoms with E-state index < -0.39 is 0 Å². The number of hydrogen-bond donors (Lipinski definition) is 1. The molecule has 0 aromatic rings. The van der Waals surface area contributed by atoms with Gasteiger partial charge in [-0.2, -0.15) is 0 Å². The van der Waals surface area contributed by atoms with Gasteiger partial charge in [-0.05, 0) is 12.3 Å². The maximum absolute atomic E-state index is 10.4. The molecule has 0 bridgehead atoms. The van der Waals surface area contributed by atoms with Crippen LogP contribution in [0.5, 0.6) is 0 Å². The van der Waals surface area contributed by atoms with E-state index in [1.807, 2.05) is 0 Å². The summed E-state index contributed by atoms with van der Waals surface area (Å²) in [4.78, 5) is 10.4. The third-order valence-corrected chi connectivity index (χ3v) is 2.15. The van der Waals surface area contributed by atoms with Crippen LogP contribution in [0.25, 0.3) is 0 Å². The van der Waals surface area contributed by atoms with Crippen molar-refractivity contribution in [2.75, 3.05) is 0 Å². The van der Waals surface area contributed by atoms with Crippen molar-refractivity contribution in [1.82, 2.24) is 0 Å². The van der Waals surface area contributed by atoms with E-state index >= 15 is 0 Å². The lowest BCUT2D eigenvalue weighted by Crippen LogP contribution is -1.89. The number of thiol groups is 1. The lowest BCUT2D eigenvalue weighted by molar-refractivity contribution is -0.110. The Labute approximate surface area is 81.3 Å². The Bertz CT molecular complexity index is 121. The van der Waals surface area contributed by atoms with E-state index in [2.05, 4.69) is 26.5 Å². The lowest BCUT2D eigenvalue weighted by atomic mass is 10.0. The first-order valence-corrected chi connectivity index (χ1v) is 5.29.